The summed E-state index contributed by atoms with van der Waals surface area (Å²) in [5.74, 6) is -0.226. The van der Waals surface area contributed by atoms with Gasteiger partial charge in [-0.1, -0.05) is 69.3 Å². The number of carbonyl (C=O) groups is 2. The Morgan fingerprint density at radius 3 is 2.06 bits per heavy atom. The molecular formula is C30H27NO4. The Morgan fingerprint density at radius 1 is 0.714 bits per heavy atom. The summed E-state index contributed by atoms with van der Waals surface area (Å²) in [7, 11) is 0. The number of carbonyl (C=O) groups excluding carboxylic acids is 1. The predicted octanol–water partition coefficient (Wildman–Crippen LogP) is 7.39. The van der Waals surface area contributed by atoms with Crippen molar-refractivity contribution in [2.45, 2.75) is 26.2 Å². The minimum Gasteiger partial charge on any atom is -0.478 e. The van der Waals surface area contributed by atoms with E-state index in [0.717, 1.165) is 5.56 Å². The Hall–Kier alpha value is -4.38. The van der Waals surface area contributed by atoms with Gasteiger partial charge in [0.05, 0.1) is 5.56 Å². The van der Waals surface area contributed by atoms with Crippen LogP contribution in [0, 0.1) is 0 Å². The highest BCUT2D eigenvalue weighted by molar-refractivity contribution is 6.05. The van der Waals surface area contributed by atoms with Crippen LogP contribution in [-0.4, -0.2) is 17.0 Å². The lowest BCUT2D eigenvalue weighted by Gasteiger charge is -2.19. The second-order valence-electron chi connectivity index (χ2n) is 9.33. The molecular weight excluding hydrogens is 438 g/mol. The van der Waals surface area contributed by atoms with E-state index >= 15 is 0 Å². The van der Waals surface area contributed by atoms with Crippen LogP contribution in [0.1, 0.15) is 47.1 Å². The molecule has 0 aliphatic carbocycles. The molecule has 0 saturated carbocycles. The average Bonchev–Trinajstić information content (AvgIpc) is 2.84. The third-order valence-corrected chi connectivity index (χ3v) is 5.60. The van der Waals surface area contributed by atoms with Crippen molar-refractivity contribution in [2.75, 3.05) is 5.32 Å². The van der Waals surface area contributed by atoms with Gasteiger partial charge in [-0.15, -0.1) is 0 Å². The minimum atomic E-state index is -1.06. The molecule has 2 N–H and O–H groups in total. The van der Waals surface area contributed by atoms with Crippen LogP contribution in [0.5, 0.6) is 11.5 Å². The van der Waals surface area contributed by atoms with Gasteiger partial charge in [-0.25, -0.2) is 4.79 Å². The standard InChI is InChI=1S/C30H27NO4/c1-30(2,3)24-14-12-20(13-15-24)22-16-23(29(33)34)18-25(17-22)31-28(32)21-8-7-11-27(19-21)35-26-9-5-4-6-10-26/h4-19H,1-3H3,(H,31,32)(H,33,34). The van der Waals surface area contributed by atoms with Gasteiger partial charge in [-0.2, -0.15) is 0 Å². The molecule has 35 heavy (non-hydrogen) atoms. The minimum absolute atomic E-state index is 0.0132. The highest BCUT2D eigenvalue weighted by Crippen LogP contribution is 2.29. The average molecular weight is 466 g/mol. The lowest BCUT2D eigenvalue weighted by molar-refractivity contribution is 0.0696. The largest absolute Gasteiger partial charge is 0.478 e. The molecule has 5 nitrogen and oxygen atoms in total. The molecule has 5 heteroatoms. The summed E-state index contributed by atoms with van der Waals surface area (Å²) < 4.78 is 5.82. The fourth-order valence-electron chi connectivity index (χ4n) is 3.68. The van der Waals surface area contributed by atoms with E-state index in [4.69, 9.17) is 4.74 Å². The number of rotatable bonds is 6. The van der Waals surface area contributed by atoms with Crippen LogP contribution >= 0.6 is 0 Å². The van der Waals surface area contributed by atoms with Crippen molar-refractivity contribution in [2.24, 2.45) is 0 Å². The number of carboxylic acid groups (broad SMARTS) is 1. The fraction of sp³-hybridized carbons (Fsp3) is 0.133. The van der Waals surface area contributed by atoms with Gasteiger partial charge in [0.15, 0.2) is 0 Å². The number of hydrogen-bond donors (Lipinski definition) is 2. The predicted molar refractivity (Wildman–Crippen MR) is 138 cm³/mol. The number of aromatic carboxylic acids is 1. The van der Waals surface area contributed by atoms with E-state index in [2.05, 4.69) is 26.1 Å². The van der Waals surface area contributed by atoms with Crippen LogP contribution in [-0.2, 0) is 5.41 Å². The van der Waals surface area contributed by atoms with Gasteiger partial charge in [-0.05, 0) is 70.6 Å². The third-order valence-electron chi connectivity index (χ3n) is 5.60. The zero-order valence-corrected chi connectivity index (χ0v) is 19.9. The van der Waals surface area contributed by atoms with Crippen LogP contribution in [0.2, 0.25) is 0 Å². The van der Waals surface area contributed by atoms with Crippen LogP contribution in [0.4, 0.5) is 5.69 Å². The molecule has 0 aliphatic rings. The first-order valence-corrected chi connectivity index (χ1v) is 11.3. The van der Waals surface area contributed by atoms with Crippen molar-refractivity contribution in [3.63, 3.8) is 0 Å². The Bertz CT molecular complexity index is 1350. The summed E-state index contributed by atoms with van der Waals surface area (Å²) >= 11 is 0. The Balaban J connectivity index is 1.59. The molecule has 0 aliphatic heterocycles. The monoisotopic (exact) mass is 465 g/mol. The smallest absolute Gasteiger partial charge is 0.335 e. The molecule has 4 rings (SSSR count). The van der Waals surface area contributed by atoms with Gasteiger partial charge in [-0.3, -0.25) is 4.79 Å². The first-order valence-electron chi connectivity index (χ1n) is 11.3. The van der Waals surface area contributed by atoms with Gasteiger partial charge in [0.1, 0.15) is 11.5 Å². The van der Waals surface area contributed by atoms with E-state index in [1.54, 1.807) is 36.4 Å². The Kier molecular flexibility index (Phi) is 6.69. The maximum absolute atomic E-state index is 13.0. The van der Waals surface area contributed by atoms with Crippen molar-refractivity contribution in [3.8, 4) is 22.6 Å². The summed E-state index contributed by atoms with van der Waals surface area (Å²) in [4.78, 5) is 24.8. The quantitative estimate of drug-likeness (QED) is 0.311. The van der Waals surface area contributed by atoms with E-state index in [0.29, 0.717) is 28.3 Å². The first-order chi connectivity index (χ1) is 16.7. The third kappa shape index (κ3) is 5.95. The van der Waals surface area contributed by atoms with Crippen LogP contribution < -0.4 is 10.1 Å². The molecule has 1 amide bonds. The van der Waals surface area contributed by atoms with E-state index in [-0.39, 0.29) is 16.9 Å². The van der Waals surface area contributed by atoms with E-state index in [1.165, 1.54) is 11.6 Å². The number of nitrogens with one attached hydrogen (secondary N) is 1. The van der Waals surface area contributed by atoms with Crippen molar-refractivity contribution < 1.29 is 19.4 Å². The van der Waals surface area contributed by atoms with Gasteiger partial charge in [0.25, 0.3) is 5.91 Å². The molecule has 176 valence electrons. The molecule has 0 heterocycles. The second kappa shape index (κ2) is 9.85. The Morgan fingerprint density at radius 2 is 1.40 bits per heavy atom. The van der Waals surface area contributed by atoms with E-state index < -0.39 is 5.97 Å². The molecule has 4 aromatic carbocycles. The maximum Gasteiger partial charge on any atom is 0.335 e. The Labute approximate surface area is 205 Å². The van der Waals surface area contributed by atoms with Crippen LogP contribution in [0.3, 0.4) is 0 Å². The fourth-order valence-corrected chi connectivity index (χ4v) is 3.68. The maximum atomic E-state index is 13.0. The van der Waals surface area contributed by atoms with E-state index in [1.807, 2.05) is 54.6 Å². The molecule has 0 radical (unpaired) electrons. The summed E-state index contributed by atoms with van der Waals surface area (Å²) in [6.45, 7) is 6.42. The van der Waals surface area contributed by atoms with Crippen molar-refractivity contribution in [1.29, 1.82) is 0 Å². The van der Waals surface area contributed by atoms with Gasteiger partial charge in [0.2, 0.25) is 0 Å². The summed E-state index contributed by atoms with van der Waals surface area (Å²) in [6.07, 6.45) is 0. The molecule has 4 aromatic rings. The number of para-hydroxylation sites is 1. The molecule has 0 unspecified atom stereocenters. The van der Waals surface area contributed by atoms with Crippen molar-refractivity contribution >= 4 is 17.6 Å². The molecule has 0 aromatic heterocycles. The molecule has 0 fully saturated rings. The number of carboxylic acids is 1. The van der Waals surface area contributed by atoms with Crippen LogP contribution in [0.15, 0.2) is 97.1 Å². The van der Waals surface area contributed by atoms with E-state index in [9.17, 15) is 14.7 Å². The SMILES string of the molecule is CC(C)(C)c1ccc(-c2cc(NC(=O)c3cccc(Oc4ccccc4)c3)cc(C(=O)O)c2)cc1. The normalized spacial score (nSPS) is 11.1. The molecule has 0 bridgehead atoms. The highest BCUT2D eigenvalue weighted by Gasteiger charge is 2.15. The van der Waals surface area contributed by atoms with Gasteiger partial charge in [0, 0.05) is 11.3 Å². The number of ether oxygens (including phenoxy) is 1. The zero-order valence-electron chi connectivity index (χ0n) is 19.9. The number of benzene rings is 4. The number of amides is 1. The lowest BCUT2D eigenvalue weighted by atomic mass is 9.86. The number of hydrogen-bond acceptors (Lipinski definition) is 3. The summed E-state index contributed by atoms with van der Waals surface area (Å²) in [5, 5.41) is 12.5. The zero-order chi connectivity index (χ0) is 25.0. The van der Waals surface area contributed by atoms with Crippen molar-refractivity contribution in [3.05, 3.63) is 114 Å². The highest BCUT2D eigenvalue weighted by atomic mass is 16.5. The lowest BCUT2D eigenvalue weighted by Crippen LogP contribution is -2.13. The van der Waals surface area contributed by atoms with Gasteiger partial charge >= 0.3 is 5.97 Å². The summed E-state index contributed by atoms with van der Waals surface area (Å²) in [6, 6.07) is 29.0. The molecule has 0 atom stereocenters. The van der Waals surface area contributed by atoms with Crippen LogP contribution in [0.25, 0.3) is 11.1 Å². The molecule has 0 spiro atoms. The summed E-state index contributed by atoms with van der Waals surface area (Å²) in [5.41, 5.74) is 3.67. The van der Waals surface area contributed by atoms with Gasteiger partial charge < -0.3 is 15.2 Å². The molecule has 0 saturated heterocycles. The topological polar surface area (TPSA) is 75.6 Å². The van der Waals surface area contributed by atoms with Crippen molar-refractivity contribution in [1.82, 2.24) is 0 Å². The second-order valence-corrected chi connectivity index (χ2v) is 9.33. The number of anilines is 1. The first kappa shape index (κ1) is 23.8.